The Hall–Kier alpha value is -3.86. The Bertz CT molecular complexity index is 1500. The highest BCUT2D eigenvalue weighted by Gasteiger charge is 2.33. The lowest BCUT2D eigenvalue weighted by Crippen LogP contribution is -2.33. The molecular formula is C23H17ClF4N6O. The number of nitrogens with two attached hydrogens (primary N) is 1. The van der Waals surface area contributed by atoms with Crippen molar-refractivity contribution < 1.29 is 22.4 Å². The zero-order valence-electron chi connectivity index (χ0n) is 18.1. The van der Waals surface area contributed by atoms with Crippen LogP contribution in [0.2, 0.25) is 5.02 Å². The van der Waals surface area contributed by atoms with E-state index in [2.05, 4.69) is 15.3 Å². The number of halogens is 5. The molecule has 12 heteroatoms. The Morgan fingerprint density at radius 2 is 1.94 bits per heavy atom. The molecule has 0 bridgehead atoms. The summed E-state index contributed by atoms with van der Waals surface area (Å²) >= 11 is 6.74. The second kappa shape index (κ2) is 8.12. The lowest BCUT2D eigenvalue weighted by Gasteiger charge is -2.19. The minimum absolute atomic E-state index is 0.214. The van der Waals surface area contributed by atoms with E-state index < -0.39 is 29.3 Å². The number of rotatable bonds is 2. The summed E-state index contributed by atoms with van der Waals surface area (Å²) in [6.07, 6.45) is -1.07. The quantitative estimate of drug-likeness (QED) is 0.347. The predicted octanol–water partition coefficient (Wildman–Crippen LogP) is 5.62. The second-order valence-corrected chi connectivity index (χ2v) is 8.44. The molecule has 0 fully saturated rings. The number of hydrogen-bond donors (Lipinski definition) is 2. The van der Waals surface area contributed by atoms with Crippen LogP contribution in [-0.2, 0) is 19.6 Å². The average Bonchev–Trinajstić information content (AvgIpc) is 3.38. The van der Waals surface area contributed by atoms with Crippen LogP contribution in [0.5, 0.6) is 0 Å². The number of nitrogens with zero attached hydrogens (tertiary/aromatic N) is 4. The zero-order valence-corrected chi connectivity index (χ0v) is 18.9. The fraction of sp³-hybridized carbons (Fsp3) is 0.174. The number of nitrogen functional groups attached to an aromatic ring is 1. The van der Waals surface area contributed by atoms with Crippen LogP contribution in [-0.4, -0.2) is 27.1 Å². The average molecular weight is 505 g/mol. The van der Waals surface area contributed by atoms with Crippen molar-refractivity contribution >= 4 is 45.9 Å². The van der Waals surface area contributed by atoms with Crippen LogP contribution in [0.15, 0.2) is 42.9 Å². The minimum atomic E-state index is -4.67. The van der Waals surface area contributed by atoms with Gasteiger partial charge in [-0.05, 0) is 36.2 Å². The van der Waals surface area contributed by atoms with Gasteiger partial charge < -0.3 is 15.6 Å². The largest absolute Gasteiger partial charge is 0.416 e. The Kier molecular flexibility index (Phi) is 5.32. The van der Waals surface area contributed by atoms with Gasteiger partial charge in [0.15, 0.2) is 0 Å². The van der Waals surface area contributed by atoms with Crippen LogP contribution in [0, 0.1) is 5.82 Å². The minimum Gasteiger partial charge on any atom is -0.383 e. The van der Waals surface area contributed by atoms with Crippen molar-refractivity contribution in [3.05, 3.63) is 64.8 Å². The third-order valence-corrected chi connectivity index (χ3v) is 6.38. The summed E-state index contributed by atoms with van der Waals surface area (Å²) < 4.78 is 54.9. The highest BCUT2D eigenvalue weighted by Crippen LogP contribution is 2.43. The Morgan fingerprint density at radius 3 is 2.69 bits per heavy atom. The normalized spacial score (nSPS) is 13.4. The molecule has 0 spiro atoms. The number of alkyl halides is 3. The molecule has 2 aromatic heterocycles. The number of nitrogens with one attached hydrogen (secondary N) is 1. The first kappa shape index (κ1) is 22.9. The van der Waals surface area contributed by atoms with E-state index in [1.807, 2.05) is 13.2 Å². The monoisotopic (exact) mass is 504 g/mol. The van der Waals surface area contributed by atoms with Crippen molar-refractivity contribution in [1.29, 1.82) is 0 Å². The number of aromatic nitrogens is 3. The highest BCUT2D eigenvalue weighted by molar-refractivity contribution is 6.35. The molecule has 0 saturated heterocycles. The molecule has 180 valence electrons. The third-order valence-electron chi connectivity index (χ3n) is 5.95. The van der Waals surface area contributed by atoms with E-state index in [0.717, 1.165) is 5.56 Å². The van der Waals surface area contributed by atoms with Gasteiger partial charge in [0.2, 0.25) is 0 Å². The van der Waals surface area contributed by atoms with Crippen molar-refractivity contribution in [1.82, 2.24) is 14.5 Å². The molecule has 3 N–H and O–H groups in total. The summed E-state index contributed by atoms with van der Waals surface area (Å²) in [6, 6.07) is 4.48. The number of amides is 2. The van der Waals surface area contributed by atoms with Crippen LogP contribution >= 0.6 is 11.6 Å². The van der Waals surface area contributed by atoms with E-state index in [-0.39, 0.29) is 6.54 Å². The maximum atomic E-state index is 14.1. The number of benzene rings is 2. The fourth-order valence-corrected chi connectivity index (χ4v) is 4.64. The van der Waals surface area contributed by atoms with Gasteiger partial charge >= 0.3 is 12.2 Å². The summed E-state index contributed by atoms with van der Waals surface area (Å²) in [5.74, 6) is -0.679. The molecule has 35 heavy (non-hydrogen) atoms. The van der Waals surface area contributed by atoms with Gasteiger partial charge in [0, 0.05) is 30.9 Å². The second-order valence-electron chi connectivity index (χ2n) is 8.06. The van der Waals surface area contributed by atoms with Crippen LogP contribution in [0.4, 0.5) is 39.5 Å². The van der Waals surface area contributed by atoms with E-state index >= 15 is 0 Å². The Balaban J connectivity index is 1.48. The van der Waals surface area contributed by atoms with Crippen LogP contribution in [0.1, 0.15) is 11.1 Å². The van der Waals surface area contributed by atoms with Crippen LogP contribution < -0.4 is 16.0 Å². The van der Waals surface area contributed by atoms with Gasteiger partial charge in [-0.2, -0.15) is 13.2 Å². The molecule has 0 saturated carbocycles. The van der Waals surface area contributed by atoms with Gasteiger partial charge in [-0.25, -0.2) is 19.2 Å². The van der Waals surface area contributed by atoms with Crippen molar-refractivity contribution in [2.24, 2.45) is 7.05 Å². The smallest absolute Gasteiger partial charge is 0.383 e. The summed E-state index contributed by atoms with van der Waals surface area (Å²) in [5, 5.41) is 3.28. The fourth-order valence-electron chi connectivity index (χ4n) is 4.28. The standard InChI is InChI=1S/C23H17ClF4N6O/c1-33-9-14(18-20(29)30-10-31-21(18)33)12-3-5-17-13(19(12)24)6-7-34(17)22(35)32-16-8-11(23(26,27)28)2-4-15(16)25/h2-5,8-10H,6-7H2,1H3,(H,32,35)(H2,29,30,31). The first-order chi connectivity index (χ1) is 16.6. The van der Waals surface area contributed by atoms with Gasteiger partial charge in [0.25, 0.3) is 0 Å². The maximum Gasteiger partial charge on any atom is 0.416 e. The number of aryl methyl sites for hydroxylation is 1. The summed E-state index contributed by atoms with van der Waals surface area (Å²) in [5.41, 5.74) is 7.64. The van der Waals surface area contributed by atoms with Crippen molar-refractivity contribution in [2.75, 3.05) is 22.5 Å². The molecule has 3 heterocycles. The topological polar surface area (TPSA) is 89.1 Å². The van der Waals surface area contributed by atoms with E-state index in [9.17, 15) is 22.4 Å². The third kappa shape index (κ3) is 3.81. The molecule has 4 aromatic rings. The first-order valence-corrected chi connectivity index (χ1v) is 10.8. The molecule has 1 aliphatic heterocycles. The van der Waals surface area contributed by atoms with E-state index in [0.29, 0.717) is 63.3 Å². The molecule has 7 nitrogen and oxygen atoms in total. The molecule has 0 unspecified atom stereocenters. The van der Waals surface area contributed by atoms with E-state index in [1.54, 1.807) is 16.7 Å². The number of urea groups is 1. The predicted molar refractivity (Wildman–Crippen MR) is 125 cm³/mol. The molecule has 0 atom stereocenters. The van der Waals surface area contributed by atoms with E-state index in [1.165, 1.54) is 11.2 Å². The summed E-state index contributed by atoms with van der Waals surface area (Å²) in [4.78, 5) is 22.5. The van der Waals surface area contributed by atoms with Gasteiger partial charge in [-0.3, -0.25) is 4.90 Å². The molecule has 5 rings (SSSR count). The van der Waals surface area contributed by atoms with Crippen molar-refractivity contribution in [3.8, 4) is 11.1 Å². The molecule has 0 aliphatic carbocycles. The zero-order chi connectivity index (χ0) is 25.1. The number of hydrogen-bond acceptors (Lipinski definition) is 4. The van der Waals surface area contributed by atoms with Crippen molar-refractivity contribution in [2.45, 2.75) is 12.6 Å². The lowest BCUT2D eigenvalue weighted by molar-refractivity contribution is -0.137. The number of fused-ring (bicyclic) bond motifs is 2. The Morgan fingerprint density at radius 1 is 1.17 bits per heavy atom. The van der Waals surface area contributed by atoms with Crippen molar-refractivity contribution in [3.63, 3.8) is 0 Å². The van der Waals surface area contributed by atoms with Gasteiger partial charge in [-0.15, -0.1) is 0 Å². The van der Waals surface area contributed by atoms with Gasteiger partial charge in [0.1, 0.15) is 23.6 Å². The van der Waals surface area contributed by atoms with E-state index in [4.69, 9.17) is 17.3 Å². The molecule has 2 amide bonds. The highest BCUT2D eigenvalue weighted by atomic mass is 35.5. The number of carbonyl (C=O) groups is 1. The summed E-state index contributed by atoms with van der Waals surface area (Å²) in [6.45, 7) is 0.214. The number of anilines is 3. The Labute approximate surface area is 201 Å². The molecule has 0 radical (unpaired) electrons. The molecule has 1 aliphatic rings. The van der Waals surface area contributed by atoms with Gasteiger partial charge in [0.05, 0.1) is 27.3 Å². The molecule has 2 aromatic carbocycles. The van der Waals surface area contributed by atoms with Crippen LogP contribution in [0.25, 0.3) is 22.2 Å². The lowest BCUT2D eigenvalue weighted by atomic mass is 10.0. The SMILES string of the molecule is Cn1cc(-c2ccc3c(c2Cl)CCN3C(=O)Nc2cc(C(F)(F)F)ccc2F)c2c(N)ncnc21. The molecular weight excluding hydrogens is 488 g/mol. The van der Waals surface area contributed by atoms with Crippen LogP contribution in [0.3, 0.4) is 0 Å². The first-order valence-electron chi connectivity index (χ1n) is 10.4. The number of carbonyl (C=O) groups excluding carboxylic acids is 1. The summed E-state index contributed by atoms with van der Waals surface area (Å²) in [7, 11) is 1.82. The maximum absolute atomic E-state index is 14.1. The van der Waals surface area contributed by atoms with Gasteiger partial charge in [-0.1, -0.05) is 17.7 Å².